The van der Waals surface area contributed by atoms with Crippen LogP contribution in [0, 0.1) is 5.92 Å². The van der Waals surface area contributed by atoms with Gasteiger partial charge in [0.2, 0.25) is 0 Å². The third-order valence-electron chi connectivity index (χ3n) is 5.32. The predicted octanol–water partition coefficient (Wildman–Crippen LogP) is 6.99. The first kappa shape index (κ1) is 23.0. The van der Waals surface area contributed by atoms with E-state index in [2.05, 4.69) is 13.8 Å². The second kappa shape index (κ2) is 10.6. The Morgan fingerprint density at radius 2 is 1.09 bits per heavy atom. The normalized spacial score (nSPS) is 10.7. The van der Waals surface area contributed by atoms with E-state index < -0.39 is 11.9 Å². The number of carbonyl (C=O) groups is 2. The average Bonchev–Trinajstić information content (AvgIpc) is 2.87. The summed E-state index contributed by atoms with van der Waals surface area (Å²) in [6.45, 7) is 4.17. The zero-order chi connectivity index (χ0) is 23.9. The molecule has 4 aromatic rings. The van der Waals surface area contributed by atoms with E-state index in [1.807, 2.05) is 54.6 Å². The van der Waals surface area contributed by atoms with E-state index in [4.69, 9.17) is 9.47 Å². The summed E-state index contributed by atoms with van der Waals surface area (Å²) in [6, 6.07) is 31.0. The molecule has 34 heavy (non-hydrogen) atoms. The number of rotatable bonds is 7. The molecule has 0 saturated heterocycles. The van der Waals surface area contributed by atoms with Gasteiger partial charge in [-0.3, -0.25) is 0 Å². The van der Waals surface area contributed by atoms with Crippen molar-refractivity contribution in [2.75, 3.05) is 0 Å². The van der Waals surface area contributed by atoms with Gasteiger partial charge in [-0.2, -0.15) is 0 Å². The Kier molecular flexibility index (Phi) is 7.19. The van der Waals surface area contributed by atoms with Crippen molar-refractivity contribution < 1.29 is 19.1 Å². The van der Waals surface area contributed by atoms with E-state index in [0.29, 0.717) is 29.0 Å². The van der Waals surface area contributed by atoms with Gasteiger partial charge in [-0.25, -0.2) is 9.59 Å². The highest BCUT2D eigenvalue weighted by molar-refractivity contribution is 5.95. The molecule has 0 aliphatic carbocycles. The smallest absolute Gasteiger partial charge is 0.343 e. The molecule has 0 spiro atoms. The Hall–Kier alpha value is -4.18. The molecule has 0 aromatic heterocycles. The van der Waals surface area contributed by atoms with Crippen LogP contribution in [0.4, 0.5) is 0 Å². The second-order valence-electron chi connectivity index (χ2n) is 8.41. The predicted molar refractivity (Wildman–Crippen MR) is 133 cm³/mol. The number of ether oxygens (including phenoxy) is 2. The zero-order valence-corrected chi connectivity index (χ0v) is 19.2. The van der Waals surface area contributed by atoms with Crippen molar-refractivity contribution in [3.8, 4) is 22.6 Å². The maximum absolute atomic E-state index is 13.1. The van der Waals surface area contributed by atoms with Gasteiger partial charge in [-0.1, -0.05) is 92.7 Å². The third kappa shape index (κ3) is 5.41. The molecule has 0 radical (unpaired) electrons. The molecule has 4 rings (SSSR count). The molecule has 0 aliphatic rings. The summed E-state index contributed by atoms with van der Waals surface area (Å²) >= 11 is 0. The maximum Gasteiger partial charge on any atom is 0.343 e. The monoisotopic (exact) mass is 450 g/mol. The largest absolute Gasteiger partial charge is 0.419 e. The lowest BCUT2D eigenvalue weighted by Crippen LogP contribution is -2.15. The highest BCUT2D eigenvalue weighted by Crippen LogP contribution is 2.42. The lowest BCUT2D eigenvalue weighted by atomic mass is 9.96. The summed E-state index contributed by atoms with van der Waals surface area (Å²) in [6.07, 6.45) is 0.655. The first-order valence-electron chi connectivity index (χ1n) is 11.3. The van der Waals surface area contributed by atoms with Crippen LogP contribution in [-0.2, 0) is 6.42 Å². The van der Waals surface area contributed by atoms with Crippen LogP contribution >= 0.6 is 0 Å². The summed E-state index contributed by atoms with van der Waals surface area (Å²) in [7, 11) is 0. The van der Waals surface area contributed by atoms with Gasteiger partial charge in [0.15, 0.2) is 11.5 Å². The summed E-state index contributed by atoms with van der Waals surface area (Å²) in [5.74, 6) is -0.214. The van der Waals surface area contributed by atoms with Crippen LogP contribution < -0.4 is 9.47 Å². The van der Waals surface area contributed by atoms with E-state index in [0.717, 1.165) is 11.1 Å². The molecule has 0 saturated carbocycles. The summed E-state index contributed by atoms with van der Waals surface area (Å²) in [4.78, 5) is 26.1. The van der Waals surface area contributed by atoms with Crippen molar-refractivity contribution >= 4 is 11.9 Å². The third-order valence-corrected chi connectivity index (χ3v) is 5.32. The van der Waals surface area contributed by atoms with Crippen LogP contribution in [-0.4, -0.2) is 11.9 Å². The van der Waals surface area contributed by atoms with Crippen LogP contribution in [0.15, 0.2) is 103 Å². The summed E-state index contributed by atoms with van der Waals surface area (Å²) in [5.41, 5.74) is 3.16. The van der Waals surface area contributed by atoms with E-state index in [-0.39, 0.29) is 11.5 Å². The Morgan fingerprint density at radius 1 is 0.618 bits per heavy atom. The number of carbonyl (C=O) groups excluding carboxylic acids is 2. The summed E-state index contributed by atoms with van der Waals surface area (Å²) in [5, 5.41) is 0. The van der Waals surface area contributed by atoms with Gasteiger partial charge >= 0.3 is 11.9 Å². The molecule has 0 amide bonds. The minimum Gasteiger partial charge on any atom is -0.419 e. The van der Waals surface area contributed by atoms with Crippen LogP contribution in [0.3, 0.4) is 0 Å². The molecule has 0 N–H and O–H groups in total. The van der Waals surface area contributed by atoms with E-state index in [1.165, 1.54) is 0 Å². The fraction of sp³-hybridized carbons (Fsp3) is 0.133. The van der Waals surface area contributed by atoms with Crippen molar-refractivity contribution in [2.45, 2.75) is 20.3 Å². The van der Waals surface area contributed by atoms with Crippen LogP contribution in [0.25, 0.3) is 11.1 Å². The topological polar surface area (TPSA) is 52.6 Å². The van der Waals surface area contributed by atoms with Crippen LogP contribution in [0.5, 0.6) is 11.5 Å². The molecular formula is C30H26O4. The van der Waals surface area contributed by atoms with Gasteiger partial charge in [0.1, 0.15) is 0 Å². The average molecular weight is 451 g/mol. The van der Waals surface area contributed by atoms with E-state index >= 15 is 0 Å². The van der Waals surface area contributed by atoms with Crippen molar-refractivity contribution in [3.63, 3.8) is 0 Å². The minimum atomic E-state index is -0.517. The van der Waals surface area contributed by atoms with Crippen LogP contribution in [0.1, 0.15) is 40.1 Å². The van der Waals surface area contributed by atoms with Crippen molar-refractivity contribution in [1.29, 1.82) is 0 Å². The van der Waals surface area contributed by atoms with Crippen LogP contribution in [0.2, 0.25) is 0 Å². The van der Waals surface area contributed by atoms with Gasteiger partial charge in [-0.05, 0) is 47.7 Å². The van der Waals surface area contributed by atoms with E-state index in [9.17, 15) is 9.59 Å². The SMILES string of the molecule is CC(C)Cc1ccc(-c2ccccc2)c(OC(=O)c2ccccc2)c1OC(=O)c1ccccc1. The molecule has 0 fully saturated rings. The molecule has 0 atom stereocenters. The maximum atomic E-state index is 13.1. The fourth-order valence-electron chi connectivity index (χ4n) is 3.71. The molecular weight excluding hydrogens is 424 g/mol. The van der Waals surface area contributed by atoms with Crippen molar-refractivity contribution in [3.05, 3.63) is 120 Å². The molecule has 0 aliphatic heterocycles. The quantitative estimate of drug-likeness (QED) is 0.225. The van der Waals surface area contributed by atoms with Crippen molar-refractivity contribution in [1.82, 2.24) is 0 Å². The number of hydrogen-bond acceptors (Lipinski definition) is 4. The van der Waals surface area contributed by atoms with Gasteiger partial charge in [-0.15, -0.1) is 0 Å². The molecule has 0 heterocycles. The molecule has 0 unspecified atom stereocenters. The zero-order valence-electron chi connectivity index (χ0n) is 19.2. The Labute approximate surface area is 199 Å². The highest BCUT2D eigenvalue weighted by Gasteiger charge is 2.24. The van der Waals surface area contributed by atoms with Gasteiger partial charge in [0, 0.05) is 5.56 Å². The molecule has 0 bridgehead atoms. The minimum absolute atomic E-state index is 0.238. The molecule has 4 heteroatoms. The lowest BCUT2D eigenvalue weighted by molar-refractivity contribution is 0.0681. The number of hydrogen-bond donors (Lipinski definition) is 0. The van der Waals surface area contributed by atoms with Crippen molar-refractivity contribution in [2.24, 2.45) is 5.92 Å². The Morgan fingerprint density at radius 3 is 1.59 bits per heavy atom. The number of esters is 2. The Bertz CT molecular complexity index is 1260. The Balaban J connectivity index is 1.85. The van der Waals surface area contributed by atoms with Gasteiger partial charge in [0.05, 0.1) is 11.1 Å². The first-order valence-corrected chi connectivity index (χ1v) is 11.3. The fourth-order valence-corrected chi connectivity index (χ4v) is 3.71. The molecule has 170 valence electrons. The highest BCUT2D eigenvalue weighted by atomic mass is 16.6. The summed E-state index contributed by atoms with van der Waals surface area (Å²) < 4.78 is 11.9. The second-order valence-corrected chi connectivity index (χ2v) is 8.41. The number of benzene rings is 4. The first-order chi connectivity index (χ1) is 16.5. The van der Waals surface area contributed by atoms with E-state index in [1.54, 1.807) is 48.5 Å². The lowest BCUT2D eigenvalue weighted by Gasteiger charge is -2.19. The van der Waals surface area contributed by atoms with Gasteiger partial charge in [0.25, 0.3) is 0 Å². The molecule has 4 aromatic carbocycles. The molecule has 4 nitrogen and oxygen atoms in total. The standard InChI is InChI=1S/C30H26O4/c1-21(2)20-25-18-19-26(22-12-6-3-7-13-22)28(34-30(32)24-16-10-5-11-17-24)27(25)33-29(31)23-14-8-4-9-15-23/h3-19,21H,20H2,1-2H3. The van der Waals surface area contributed by atoms with Gasteiger partial charge < -0.3 is 9.47 Å².